The minimum atomic E-state index is -0.339. The quantitative estimate of drug-likeness (QED) is 0.705. The summed E-state index contributed by atoms with van der Waals surface area (Å²) < 4.78 is 14.5. The standard InChI is InChI=1S/C19H20FN5O2S/c20-13-1-3-14(4-2-13)21-18(27)22-15-5-7-24(8-6-15)12-16-11-17(26)25-9-10-28-19(25)23-16/h1-4,9-11,15H,5-8,12H2,(H2,21,22,27). The summed E-state index contributed by atoms with van der Waals surface area (Å²) in [6.45, 7) is 2.25. The van der Waals surface area contributed by atoms with Crippen LogP contribution in [0.15, 0.2) is 46.7 Å². The van der Waals surface area contributed by atoms with Gasteiger partial charge in [-0.05, 0) is 37.1 Å². The average molecular weight is 401 g/mol. The van der Waals surface area contributed by atoms with Crippen LogP contribution in [0.3, 0.4) is 0 Å². The molecule has 146 valence electrons. The van der Waals surface area contributed by atoms with Crippen molar-refractivity contribution in [1.29, 1.82) is 0 Å². The maximum atomic E-state index is 12.9. The zero-order valence-corrected chi connectivity index (χ0v) is 15.9. The van der Waals surface area contributed by atoms with Crippen molar-refractivity contribution in [3.8, 4) is 0 Å². The van der Waals surface area contributed by atoms with Gasteiger partial charge in [-0.1, -0.05) is 0 Å². The molecular weight excluding hydrogens is 381 g/mol. The van der Waals surface area contributed by atoms with E-state index in [1.165, 1.54) is 35.6 Å². The lowest BCUT2D eigenvalue weighted by atomic mass is 10.1. The fourth-order valence-electron chi connectivity index (χ4n) is 3.32. The number of likely N-dealkylation sites (tertiary alicyclic amines) is 1. The first-order chi connectivity index (χ1) is 13.6. The van der Waals surface area contributed by atoms with Gasteiger partial charge in [0.25, 0.3) is 5.56 Å². The number of anilines is 1. The number of rotatable bonds is 4. The van der Waals surface area contributed by atoms with Crippen molar-refractivity contribution < 1.29 is 9.18 Å². The minimum absolute atomic E-state index is 0.0599. The second-order valence-corrected chi connectivity index (χ2v) is 7.67. The van der Waals surface area contributed by atoms with Crippen molar-refractivity contribution in [2.75, 3.05) is 18.4 Å². The molecule has 0 radical (unpaired) electrons. The van der Waals surface area contributed by atoms with E-state index < -0.39 is 0 Å². The van der Waals surface area contributed by atoms with Crippen molar-refractivity contribution in [3.63, 3.8) is 0 Å². The van der Waals surface area contributed by atoms with Gasteiger partial charge in [-0.25, -0.2) is 14.2 Å². The van der Waals surface area contributed by atoms with Crippen molar-refractivity contribution in [1.82, 2.24) is 19.6 Å². The van der Waals surface area contributed by atoms with Gasteiger partial charge in [-0.2, -0.15) is 0 Å². The Balaban J connectivity index is 1.27. The number of hydrogen-bond donors (Lipinski definition) is 2. The number of piperidine rings is 1. The van der Waals surface area contributed by atoms with Gasteiger partial charge in [0, 0.05) is 49.0 Å². The first-order valence-electron chi connectivity index (χ1n) is 9.08. The molecule has 0 atom stereocenters. The van der Waals surface area contributed by atoms with Crippen LogP contribution in [0.1, 0.15) is 18.5 Å². The first-order valence-corrected chi connectivity index (χ1v) is 9.96. The molecule has 1 aliphatic rings. The number of aromatic nitrogens is 2. The molecule has 0 saturated carbocycles. The van der Waals surface area contributed by atoms with Crippen LogP contribution in [0.5, 0.6) is 0 Å². The highest BCUT2D eigenvalue weighted by Gasteiger charge is 2.21. The Morgan fingerprint density at radius 3 is 2.75 bits per heavy atom. The number of fused-ring (bicyclic) bond motifs is 1. The van der Waals surface area contributed by atoms with E-state index in [1.54, 1.807) is 16.7 Å². The van der Waals surface area contributed by atoms with Crippen LogP contribution in [0, 0.1) is 5.82 Å². The molecule has 0 unspecified atom stereocenters. The Morgan fingerprint density at radius 2 is 2.00 bits per heavy atom. The predicted octanol–water partition coefficient (Wildman–Crippen LogP) is 2.68. The molecule has 7 nitrogen and oxygen atoms in total. The molecule has 0 spiro atoms. The van der Waals surface area contributed by atoms with Crippen LogP contribution in [0.4, 0.5) is 14.9 Å². The van der Waals surface area contributed by atoms with Crippen LogP contribution in [-0.4, -0.2) is 39.4 Å². The van der Waals surface area contributed by atoms with Crippen LogP contribution in [0.25, 0.3) is 4.96 Å². The second kappa shape index (κ2) is 8.07. The fraction of sp³-hybridized carbons (Fsp3) is 0.316. The van der Waals surface area contributed by atoms with Gasteiger partial charge >= 0.3 is 6.03 Å². The van der Waals surface area contributed by atoms with Gasteiger partial charge in [0.1, 0.15) is 5.82 Å². The maximum Gasteiger partial charge on any atom is 0.319 e. The lowest BCUT2D eigenvalue weighted by Crippen LogP contribution is -2.45. The number of carbonyl (C=O) groups excluding carboxylic acids is 1. The molecule has 1 fully saturated rings. The summed E-state index contributed by atoms with van der Waals surface area (Å²) in [7, 11) is 0. The van der Waals surface area contributed by atoms with Gasteiger partial charge in [-0.3, -0.25) is 14.1 Å². The number of benzene rings is 1. The van der Waals surface area contributed by atoms with E-state index >= 15 is 0 Å². The fourth-order valence-corrected chi connectivity index (χ4v) is 4.06. The maximum absolute atomic E-state index is 12.9. The number of carbonyl (C=O) groups is 1. The lowest BCUT2D eigenvalue weighted by molar-refractivity contribution is 0.188. The summed E-state index contributed by atoms with van der Waals surface area (Å²) in [5, 5.41) is 7.52. The highest BCUT2D eigenvalue weighted by molar-refractivity contribution is 7.15. The molecule has 1 aliphatic heterocycles. The SMILES string of the molecule is O=C(Nc1ccc(F)cc1)NC1CCN(Cc2cc(=O)n3ccsc3n2)CC1. The van der Waals surface area contributed by atoms with E-state index in [0.717, 1.165) is 31.6 Å². The third-order valence-electron chi connectivity index (χ3n) is 4.77. The highest BCUT2D eigenvalue weighted by atomic mass is 32.1. The summed E-state index contributed by atoms with van der Waals surface area (Å²) in [5.41, 5.74) is 1.26. The van der Waals surface area contributed by atoms with Crippen LogP contribution in [0.2, 0.25) is 0 Å². The molecule has 2 aromatic heterocycles. The Kier molecular flexibility index (Phi) is 5.36. The summed E-state index contributed by atoms with van der Waals surface area (Å²) in [6, 6.07) is 7.04. The third-order valence-corrected chi connectivity index (χ3v) is 5.52. The van der Waals surface area contributed by atoms with E-state index in [1.807, 2.05) is 5.38 Å². The normalized spacial score (nSPS) is 15.6. The zero-order chi connectivity index (χ0) is 19.5. The summed E-state index contributed by atoms with van der Waals surface area (Å²) in [6.07, 6.45) is 3.36. The van der Waals surface area contributed by atoms with E-state index in [-0.39, 0.29) is 23.4 Å². The predicted molar refractivity (Wildman–Crippen MR) is 106 cm³/mol. The van der Waals surface area contributed by atoms with Gasteiger partial charge in [0.2, 0.25) is 0 Å². The summed E-state index contributed by atoms with van der Waals surface area (Å²) >= 11 is 1.44. The van der Waals surface area contributed by atoms with Crippen LogP contribution >= 0.6 is 11.3 Å². The monoisotopic (exact) mass is 401 g/mol. The van der Waals surface area contributed by atoms with E-state index in [9.17, 15) is 14.0 Å². The van der Waals surface area contributed by atoms with Crippen molar-refractivity contribution >= 4 is 28.0 Å². The average Bonchev–Trinajstić information content (AvgIpc) is 3.14. The molecule has 2 amide bonds. The Morgan fingerprint density at radius 1 is 1.25 bits per heavy atom. The van der Waals surface area contributed by atoms with Crippen LogP contribution < -0.4 is 16.2 Å². The topological polar surface area (TPSA) is 78.7 Å². The molecule has 0 bridgehead atoms. The van der Waals surface area contributed by atoms with Gasteiger partial charge in [0.05, 0.1) is 5.69 Å². The number of amides is 2. The molecule has 0 aliphatic carbocycles. The molecule has 2 N–H and O–H groups in total. The Bertz CT molecular complexity index is 1020. The van der Waals surface area contributed by atoms with Crippen molar-refractivity contribution in [2.45, 2.75) is 25.4 Å². The molecule has 9 heteroatoms. The molecule has 1 saturated heterocycles. The zero-order valence-electron chi connectivity index (χ0n) is 15.1. The number of halogens is 1. The number of nitrogens with zero attached hydrogens (tertiary/aromatic N) is 3. The third kappa shape index (κ3) is 4.37. The summed E-state index contributed by atoms with van der Waals surface area (Å²) in [4.78, 5) is 31.7. The highest BCUT2D eigenvalue weighted by Crippen LogP contribution is 2.15. The van der Waals surface area contributed by atoms with Crippen molar-refractivity contribution in [2.24, 2.45) is 0 Å². The molecular formula is C19H20FN5O2S. The number of thiazole rings is 1. The van der Waals surface area contributed by atoms with Gasteiger partial charge in [0.15, 0.2) is 4.96 Å². The molecule has 28 heavy (non-hydrogen) atoms. The van der Waals surface area contributed by atoms with Gasteiger partial charge < -0.3 is 10.6 Å². The van der Waals surface area contributed by atoms with Crippen LogP contribution in [-0.2, 0) is 6.54 Å². The lowest BCUT2D eigenvalue weighted by Gasteiger charge is -2.32. The van der Waals surface area contributed by atoms with Gasteiger partial charge in [-0.15, -0.1) is 11.3 Å². The smallest absolute Gasteiger partial charge is 0.319 e. The number of nitrogens with one attached hydrogen (secondary N) is 2. The summed E-state index contributed by atoms with van der Waals surface area (Å²) in [5.74, 6) is -0.339. The second-order valence-electron chi connectivity index (χ2n) is 6.80. The molecule has 4 rings (SSSR count). The Hall–Kier alpha value is -2.78. The molecule has 1 aromatic carbocycles. The minimum Gasteiger partial charge on any atom is -0.335 e. The van der Waals surface area contributed by atoms with E-state index in [2.05, 4.69) is 20.5 Å². The van der Waals surface area contributed by atoms with E-state index in [0.29, 0.717) is 17.2 Å². The first kappa shape index (κ1) is 18.6. The number of urea groups is 1. The van der Waals surface area contributed by atoms with Crippen molar-refractivity contribution in [3.05, 3.63) is 63.8 Å². The molecule has 3 aromatic rings. The van der Waals surface area contributed by atoms with E-state index in [4.69, 9.17) is 0 Å². The molecule has 3 heterocycles. The largest absolute Gasteiger partial charge is 0.335 e. The Labute approximate surface area is 164 Å². The number of hydrogen-bond acceptors (Lipinski definition) is 5.